The summed E-state index contributed by atoms with van der Waals surface area (Å²) in [7, 11) is 1.54. The van der Waals surface area contributed by atoms with Crippen molar-refractivity contribution in [3.8, 4) is 11.5 Å². The molecular weight excluding hydrogens is 360 g/mol. The predicted octanol–water partition coefficient (Wildman–Crippen LogP) is 2.97. The van der Waals surface area contributed by atoms with Gasteiger partial charge in [-0.15, -0.1) is 0 Å². The van der Waals surface area contributed by atoms with Gasteiger partial charge in [-0.25, -0.2) is 4.79 Å². The molecule has 2 rings (SSSR count). The number of amides is 3. The zero-order valence-corrected chi connectivity index (χ0v) is 17.0. The Balaban J connectivity index is 1.96. The minimum Gasteiger partial charge on any atom is -0.493 e. The minimum absolute atomic E-state index is 0.0674. The van der Waals surface area contributed by atoms with Gasteiger partial charge in [0, 0.05) is 0 Å². The van der Waals surface area contributed by atoms with E-state index in [1.807, 2.05) is 38.1 Å². The third-order valence-corrected chi connectivity index (χ3v) is 4.75. The number of aliphatic hydroxyl groups is 1. The van der Waals surface area contributed by atoms with Crippen LogP contribution in [0.15, 0.2) is 24.3 Å². The molecule has 154 valence electrons. The SMILES string of the molecule is C/C=C/c1ccc(OCC(O)CN2C(=O)NC(C)(CCCC)C2=O)c(OC)c1. The molecule has 1 fully saturated rings. The number of nitrogens with zero attached hydrogens (tertiary/aromatic N) is 1. The molecule has 0 aliphatic carbocycles. The predicted molar refractivity (Wildman–Crippen MR) is 107 cm³/mol. The second-order valence-electron chi connectivity index (χ2n) is 7.16. The van der Waals surface area contributed by atoms with Crippen molar-refractivity contribution in [2.45, 2.75) is 51.7 Å². The highest BCUT2D eigenvalue weighted by atomic mass is 16.5. The van der Waals surface area contributed by atoms with Crippen LogP contribution >= 0.6 is 0 Å². The number of carbonyl (C=O) groups is 2. The maximum atomic E-state index is 12.6. The van der Waals surface area contributed by atoms with Gasteiger partial charge >= 0.3 is 6.03 Å². The Hall–Kier alpha value is -2.54. The van der Waals surface area contributed by atoms with Gasteiger partial charge in [-0.2, -0.15) is 0 Å². The number of aliphatic hydroxyl groups excluding tert-OH is 1. The average molecular weight is 390 g/mol. The third kappa shape index (κ3) is 5.04. The van der Waals surface area contributed by atoms with Gasteiger partial charge in [-0.1, -0.05) is 38.0 Å². The number of ether oxygens (including phenoxy) is 2. The third-order valence-electron chi connectivity index (χ3n) is 4.75. The van der Waals surface area contributed by atoms with Gasteiger partial charge in [-0.3, -0.25) is 9.69 Å². The lowest BCUT2D eigenvalue weighted by atomic mass is 9.95. The number of allylic oxidation sites excluding steroid dienone is 1. The highest BCUT2D eigenvalue weighted by molar-refractivity contribution is 6.06. The zero-order chi connectivity index (χ0) is 20.7. The standard InChI is InChI=1S/C21H30N2O5/c1-5-7-11-21(3)19(25)23(20(26)22-21)13-16(24)14-28-17-10-9-15(8-6-2)12-18(17)27-4/h6,8-10,12,16,24H,5,7,11,13-14H2,1-4H3,(H,22,26)/b8-6+. The Bertz CT molecular complexity index is 734. The maximum absolute atomic E-state index is 12.6. The van der Waals surface area contributed by atoms with E-state index in [0.29, 0.717) is 17.9 Å². The molecule has 0 radical (unpaired) electrons. The first-order valence-electron chi connectivity index (χ1n) is 9.60. The topological polar surface area (TPSA) is 88.1 Å². The Morgan fingerprint density at radius 3 is 2.71 bits per heavy atom. The summed E-state index contributed by atoms with van der Waals surface area (Å²) in [5.74, 6) is 0.725. The monoisotopic (exact) mass is 390 g/mol. The summed E-state index contributed by atoms with van der Waals surface area (Å²) in [4.78, 5) is 25.9. The lowest BCUT2D eigenvalue weighted by Crippen LogP contribution is -2.44. The molecule has 1 heterocycles. The van der Waals surface area contributed by atoms with Crippen molar-refractivity contribution in [1.29, 1.82) is 0 Å². The fraction of sp³-hybridized carbons (Fsp3) is 0.524. The first-order valence-corrected chi connectivity index (χ1v) is 9.60. The van der Waals surface area contributed by atoms with Gasteiger partial charge in [0.2, 0.25) is 0 Å². The molecular formula is C21H30N2O5. The highest BCUT2D eigenvalue weighted by Gasteiger charge is 2.47. The van der Waals surface area contributed by atoms with E-state index in [-0.39, 0.29) is 19.1 Å². The quantitative estimate of drug-likeness (QED) is 0.600. The normalized spacial score (nSPS) is 20.5. The number of β-amino-alcohol motifs (C(OH)–C–C–N with tert-alkyl or cyclic N) is 1. The van der Waals surface area contributed by atoms with Crippen LogP contribution in [0.5, 0.6) is 11.5 Å². The van der Waals surface area contributed by atoms with Gasteiger partial charge in [0.25, 0.3) is 5.91 Å². The summed E-state index contributed by atoms with van der Waals surface area (Å²) in [6, 6.07) is 4.99. The Kier molecular flexibility index (Phi) is 7.45. The van der Waals surface area contributed by atoms with Crippen LogP contribution in [0.1, 0.15) is 45.6 Å². The number of imide groups is 1. The Morgan fingerprint density at radius 2 is 2.07 bits per heavy atom. The summed E-state index contributed by atoms with van der Waals surface area (Å²) in [6.45, 7) is 5.50. The van der Waals surface area contributed by atoms with E-state index in [4.69, 9.17) is 9.47 Å². The van der Waals surface area contributed by atoms with Crippen LogP contribution in [0.25, 0.3) is 6.08 Å². The van der Waals surface area contributed by atoms with Gasteiger partial charge in [0.05, 0.1) is 13.7 Å². The molecule has 1 aliphatic heterocycles. The van der Waals surface area contributed by atoms with Crippen LogP contribution < -0.4 is 14.8 Å². The molecule has 0 spiro atoms. The number of hydrogen-bond acceptors (Lipinski definition) is 5. The molecule has 1 aromatic carbocycles. The highest BCUT2D eigenvalue weighted by Crippen LogP contribution is 2.29. The van der Waals surface area contributed by atoms with E-state index < -0.39 is 17.7 Å². The summed E-state index contributed by atoms with van der Waals surface area (Å²) in [5.41, 5.74) is 0.0671. The van der Waals surface area contributed by atoms with E-state index in [2.05, 4.69) is 5.32 Å². The lowest BCUT2D eigenvalue weighted by molar-refractivity contribution is -0.132. The van der Waals surface area contributed by atoms with Crippen LogP contribution in [0, 0.1) is 0 Å². The van der Waals surface area contributed by atoms with Crippen LogP contribution in [0.4, 0.5) is 4.79 Å². The molecule has 1 saturated heterocycles. The zero-order valence-electron chi connectivity index (χ0n) is 17.0. The van der Waals surface area contributed by atoms with Crippen molar-refractivity contribution < 1.29 is 24.2 Å². The summed E-state index contributed by atoms with van der Waals surface area (Å²) >= 11 is 0. The molecule has 2 atom stereocenters. The van der Waals surface area contributed by atoms with Crippen LogP contribution in [-0.4, -0.2) is 53.8 Å². The van der Waals surface area contributed by atoms with Gasteiger partial charge in [-0.05, 0) is 38.0 Å². The number of carbonyl (C=O) groups excluding carboxylic acids is 2. The second kappa shape index (κ2) is 9.59. The van der Waals surface area contributed by atoms with Crippen LogP contribution in [0.3, 0.4) is 0 Å². The van der Waals surface area contributed by atoms with Crippen molar-refractivity contribution in [3.05, 3.63) is 29.8 Å². The fourth-order valence-electron chi connectivity index (χ4n) is 3.16. The van der Waals surface area contributed by atoms with Crippen molar-refractivity contribution >= 4 is 18.0 Å². The van der Waals surface area contributed by atoms with Gasteiger partial charge < -0.3 is 19.9 Å². The van der Waals surface area contributed by atoms with Crippen molar-refractivity contribution in [3.63, 3.8) is 0 Å². The van der Waals surface area contributed by atoms with Crippen molar-refractivity contribution in [2.24, 2.45) is 0 Å². The number of unbranched alkanes of at least 4 members (excludes halogenated alkanes) is 1. The number of benzene rings is 1. The molecule has 0 saturated carbocycles. The second-order valence-corrected chi connectivity index (χ2v) is 7.16. The fourth-order valence-corrected chi connectivity index (χ4v) is 3.16. The molecule has 1 aromatic rings. The first kappa shape index (κ1) is 21.8. The van der Waals surface area contributed by atoms with Gasteiger partial charge in [0.1, 0.15) is 18.2 Å². The molecule has 1 aliphatic rings. The number of methoxy groups -OCH3 is 1. The molecule has 28 heavy (non-hydrogen) atoms. The molecule has 3 amide bonds. The van der Waals surface area contributed by atoms with E-state index >= 15 is 0 Å². The first-order chi connectivity index (χ1) is 13.3. The van der Waals surface area contributed by atoms with Crippen LogP contribution in [0.2, 0.25) is 0 Å². The van der Waals surface area contributed by atoms with Crippen LogP contribution in [-0.2, 0) is 4.79 Å². The largest absolute Gasteiger partial charge is 0.493 e. The number of nitrogens with one attached hydrogen (secondary N) is 1. The minimum atomic E-state index is -1.01. The average Bonchev–Trinajstić information content (AvgIpc) is 2.88. The van der Waals surface area contributed by atoms with Crippen molar-refractivity contribution in [2.75, 3.05) is 20.3 Å². The van der Waals surface area contributed by atoms with Crippen molar-refractivity contribution in [1.82, 2.24) is 10.2 Å². The smallest absolute Gasteiger partial charge is 0.325 e. The lowest BCUT2D eigenvalue weighted by Gasteiger charge is -2.22. The van der Waals surface area contributed by atoms with Gasteiger partial charge in [0.15, 0.2) is 11.5 Å². The number of rotatable bonds is 10. The Labute approximate surface area is 166 Å². The molecule has 7 nitrogen and oxygen atoms in total. The molecule has 0 aromatic heterocycles. The summed E-state index contributed by atoms with van der Waals surface area (Å²) < 4.78 is 11.0. The van der Waals surface area contributed by atoms with E-state index in [0.717, 1.165) is 23.3 Å². The summed E-state index contributed by atoms with van der Waals surface area (Å²) in [5, 5.41) is 13.0. The van der Waals surface area contributed by atoms with E-state index in [1.165, 1.54) is 0 Å². The number of hydrogen-bond donors (Lipinski definition) is 2. The molecule has 2 N–H and O–H groups in total. The summed E-state index contributed by atoms with van der Waals surface area (Å²) in [6.07, 6.45) is 5.20. The maximum Gasteiger partial charge on any atom is 0.325 e. The molecule has 0 bridgehead atoms. The molecule has 2 unspecified atom stereocenters. The number of urea groups is 1. The van der Waals surface area contributed by atoms with E-state index in [1.54, 1.807) is 20.1 Å². The van der Waals surface area contributed by atoms with E-state index in [9.17, 15) is 14.7 Å². The molecule has 7 heteroatoms. The Morgan fingerprint density at radius 1 is 1.32 bits per heavy atom.